The third kappa shape index (κ3) is 3.82. The predicted octanol–water partition coefficient (Wildman–Crippen LogP) is 3.72. The van der Waals surface area contributed by atoms with Crippen LogP contribution in [-0.2, 0) is 5.41 Å². The first kappa shape index (κ1) is 13.8. The van der Waals surface area contributed by atoms with E-state index in [0.29, 0.717) is 5.75 Å². The fraction of sp³-hybridized carbons (Fsp3) is 0.538. The minimum Gasteiger partial charge on any atom is -0.508 e. The summed E-state index contributed by atoms with van der Waals surface area (Å²) in [5, 5.41) is 9.61. The molecule has 0 aliphatic rings. The highest BCUT2D eigenvalue weighted by Crippen LogP contribution is 2.33. The van der Waals surface area contributed by atoms with Gasteiger partial charge in [-0.2, -0.15) is 0 Å². The fourth-order valence-electron chi connectivity index (χ4n) is 1.24. The zero-order valence-electron chi connectivity index (χ0n) is 10.6. The van der Waals surface area contributed by atoms with Gasteiger partial charge in [-0.05, 0) is 23.6 Å². The van der Waals surface area contributed by atoms with E-state index in [1.54, 1.807) is 19.2 Å². The topological polar surface area (TPSA) is 29.5 Å². The van der Waals surface area contributed by atoms with Crippen molar-refractivity contribution < 1.29 is 9.84 Å². The van der Waals surface area contributed by atoms with Gasteiger partial charge in [0.05, 0.1) is 7.11 Å². The number of benzene rings is 1. The van der Waals surface area contributed by atoms with Crippen molar-refractivity contribution in [3.63, 3.8) is 0 Å². The van der Waals surface area contributed by atoms with Crippen molar-refractivity contribution in [3.05, 3.63) is 23.8 Å². The molecule has 2 nitrogen and oxygen atoms in total. The number of rotatable bonds is 1. The Labute approximate surface area is 92.9 Å². The molecule has 0 aromatic heterocycles. The number of hydrogen-bond donors (Lipinski definition) is 1. The Morgan fingerprint density at radius 1 is 1.13 bits per heavy atom. The molecule has 86 valence electrons. The Hall–Kier alpha value is -1.18. The molecule has 1 aromatic rings. The molecular formula is C13H22O2. The number of phenols is 1. The zero-order chi connectivity index (χ0) is 12.1. The maximum absolute atomic E-state index is 9.61. The van der Waals surface area contributed by atoms with Gasteiger partial charge in [0.2, 0.25) is 0 Å². The molecule has 0 radical (unpaired) electrons. The molecule has 0 aliphatic carbocycles. The summed E-state index contributed by atoms with van der Waals surface area (Å²) in [6.45, 7) is 10.2. The van der Waals surface area contributed by atoms with Gasteiger partial charge in [-0.15, -0.1) is 0 Å². The van der Waals surface area contributed by atoms with Crippen LogP contribution in [0.2, 0.25) is 0 Å². The van der Waals surface area contributed by atoms with E-state index < -0.39 is 0 Å². The van der Waals surface area contributed by atoms with Crippen LogP contribution in [0.5, 0.6) is 11.5 Å². The highest BCUT2D eigenvalue weighted by Gasteiger charge is 2.18. The average Bonchev–Trinajstić information content (AvgIpc) is 2.20. The molecule has 0 amide bonds. The summed E-state index contributed by atoms with van der Waals surface area (Å²) in [5.74, 6) is 1.11. The number of ether oxygens (including phenoxy) is 1. The van der Waals surface area contributed by atoms with E-state index in [1.807, 2.05) is 19.9 Å². The number of methoxy groups -OCH3 is 1. The van der Waals surface area contributed by atoms with Gasteiger partial charge >= 0.3 is 0 Å². The Bertz CT molecular complexity index is 298. The SMILES string of the molecule is CC.COc1ccc(O)c(C(C)(C)C)c1. The monoisotopic (exact) mass is 210 g/mol. The number of aromatic hydroxyl groups is 1. The maximum atomic E-state index is 9.61. The van der Waals surface area contributed by atoms with Gasteiger partial charge < -0.3 is 9.84 Å². The quantitative estimate of drug-likeness (QED) is 0.765. The zero-order valence-corrected chi connectivity index (χ0v) is 10.6. The molecule has 2 heteroatoms. The Kier molecular flexibility index (Phi) is 5.20. The summed E-state index contributed by atoms with van der Waals surface area (Å²) < 4.78 is 5.09. The lowest BCUT2D eigenvalue weighted by molar-refractivity contribution is 0.405. The molecule has 1 N–H and O–H groups in total. The summed E-state index contributed by atoms with van der Waals surface area (Å²) in [7, 11) is 1.62. The van der Waals surface area contributed by atoms with Crippen LogP contribution in [0.4, 0.5) is 0 Å². The van der Waals surface area contributed by atoms with Crippen LogP contribution in [0.1, 0.15) is 40.2 Å². The molecule has 0 unspecified atom stereocenters. The first-order valence-corrected chi connectivity index (χ1v) is 5.32. The van der Waals surface area contributed by atoms with Gasteiger partial charge in [0.15, 0.2) is 0 Å². The van der Waals surface area contributed by atoms with E-state index >= 15 is 0 Å². The van der Waals surface area contributed by atoms with Gasteiger partial charge in [-0.3, -0.25) is 0 Å². The summed E-state index contributed by atoms with van der Waals surface area (Å²) in [4.78, 5) is 0. The van der Waals surface area contributed by atoms with Crippen molar-refractivity contribution in [2.75, 3.05) is 7.11 Å². The second kappa shape index (κ2) is 5.64. The number of hydrogen-bond acceptors (Lipinski definition) is 2. The normalized spacial score (nSPS) is 10.3. The van der Waals surface area contributed by atoms with Gasteiger partial charge in [0.1, 0.15) is 11.5 Å². The Balaban J connectivity index is 0.000000921. The highest BCUT2D eigenvalue weighted by atomic mass is 16.5. The lowest BCUT2D eigenvalue weighted by Gasteiger charge is -2.20. The van der Waals surface area contributed by atoms with Crippen LogP contribution in [-0.4, -0.2) is 12.2 Å². The second-order valence-corrected chi connectivity index (χ2v) is 4.13. The molecule has 0 bridgehead atoms. The third-order valence-corrected chi connectivity index (χ3v) is 2.01. The van der Waals surface area contributed by atoms with Gasteiger partial charge in [0.25, 0.3) is 0 Å². The Morgan fingerprint density at radius 3 is 2.07 bits per heavy atom. The molecule has 0 spiro atoms. The Morgan fingerprint density at radius 2 is 1.67 bits per heavy atom. The molecule has 0 atom stereocenters. The number of phenolic OH excluding ortho intramolecular Hbond substituents is 1. The lowest BCUT2D eigenvalue weighted by Crippen LogP contribution is -2.11. The molecule has 15 heavy (non-hydrogen) atoms. The molecule has 0 saturated heterocycles. The van der Waals surface area contributed by atoms with Crippen LogP contribution in [0.15, 0.2) is 18.2 Å². The molecule has 0 aliphatic heterocycles. The second-order valence-electron chi connectivity index (χ2n) is 4.13. The average molecular weight is 210 g/mol. The van der Waals surface area contributed by atoms with E-state index in [-0.39, 0.29) is 5.41 Å². The van der Waals surface area contributed by atoms with Crippen LogP contribution < -0.4 is 4.74 Å². The van der Waals surface area contributed by atoms with Crippen molar-refractivity contribution in [2.45, 2.75) is 40.0 Å². The van der Waals surface area contributed by atoms with Gasteiger partial charge in [-0.1, -0.05) is 34.6 Å². The maximum Gasteiger partial charge on any atom is 0.119 e. The molecule has 1 aromatic carbocycles. The van der Waals surface area contributed by atoms with Crippen LogP contribution >= 0.6 is 0 Å². The van der Waals surface area contributed by atoms with E-state index in [1.165, 1.54) is 0 Å². The van der Waals surface area contributed by atoms with Gasteiger partial charge in [-0.25, -0.2) is 0 Å². The summed E-state index contributed by atoms with van der Waals surface area (Å²) in [6.07, 6.45) is 0. The van der Waals surface area contributed by atoms with Crippen LogP contribution in [0.3, 0.4) is 0 Å². The largest absolute Gasteiger partial charge is 0.508 e. The van der Waals surface area contributed by atoms with Gasteiger partial charge in [0, 0.05) is 5.56 Å². The molecule has 0 saturated carbocycles. The van der Waals surface area contributed by atoms with E-state index in [2.05, 4.69) is 20.8 Å². The van der Waals surface area contributed by atoms with Crippen molar-refractivity contribution in [1.82, 2.24) is 0 Å². The fourth-order valence-corrected chi connectivity index (χ4v) is 1.24. The van der Waals surface area contributed by atoms with Crippen molar-refractivity contribution in [2.24, 2.45) is 0 Å². The van der Waals surface area contributed by atoms with Crippen LogP contribution in [0.25, 0.3) is 0 Å². The van der Waals surface area contributed by atoms with Crippen molar-refractivity contribution >= 4 is 0 Å². The molecule has 0 fully saturated rings. The van der Waals surface area contributed by atoms with E-state index in [4.69, 9.17) is 4.74 Å². The molecular weight excluding hydrogens is 188 g/mol. The summed E-state index contributed by atoms with van der Waals surface area (Å²) in [5.41, 5.74) is 0.852. The first-order valence-electron chi connectivity index (χ1n) is 5.32. The van der Waals surface area contributed by atoms with E-state index in [0.717, 1.165) is 11.3 Å². The smallest absolute Gasteiger partial charge is 0.119 e. The van der Waals surface area contributed by atoms with E-state index in [9.17, 15) is 5.11 Å². The lowest BCUT2D eigenvalue weighted by atomic mass is 9.86. The standard InChI is InChI=1S/C11H16O2.C2H6/c1-11(2,3)9-7-8(13-4)5-6-10(9)12;1-2/h5-7,12H,1-4H3;1-2H3. The molecule has 0 heterocycles. The molecule has 1 rings (SSSR count). The van der Waals surface area contributed by atoms with Crippen LogP contribution in [0, 0.1) is 0 Å². The summed E-state index contributed by atoms with van der Waals surface area (Å²) in [6, 6.07) is 5.29. The third-order valence-electron chi connectivity index (χ3n) is 2.01. The minimum absolute atomic E-state index is 0.0569. The van der Waals surface area contributed by atoms with Crippen molar-refractivity contribution in [1.29, 1.82) is 0 Å². The van der Waals surface area contributed by atoms with Crippen molar-refractivity contribution in [3.8, 4) is 11.5 Å². The summed E-state index contributed by atoms with van der Waals surface area (Å²) >= 11 is 0. The highest BCUT2D eigenvalue weighted by molar-refractivity contribution is 5.43. The predicted molar refractivity (Wildman–Crippen MR) is 64.7 cm³/mol. The first-order chi connectivity index (χ1) is 6.95. The minimum atomic E-state index is -0.0569.